The number of nitrogens with zero attached hydrogens (tertiary/aromatic N) is 2. The Hall–Kier alpha value is -1.46. The van der Waals surface area contributed by atoms with Gasteiger partial charge in [0.05, 0.1) is 10.2 Å². The summed E-state index contributed by atoms with van der Waals surface area (Å²) in [6.45, 7) is 3.39. The number of hydrogen-bond donors (Lipinski definition) is 1. The van der Waals surface area contributed by atoms with E-state index in [4.69, 9.17) is 0 Å². The maximum absolute atomic E-state index is 12.3. The molecule has 2 aromatic rings. The Balaban J connectivity index is 1.49. The summed E-state index contributed by atoms with van der Waals surface area (Å²) in [5.74, 6) is 0.729. The molecule has 0 aliphatic carbocycles. The molecule has 2 aliphatic heterocycles. The fourth-order valence-electron chi connectivity index (χ4n) is 3.40. The van der Waals surface area contributed by atoms with E-state index in [0.29, 0.717) is 5.69 Å². The number of thiophene rings is 1. The first kappa shape index (κ1) is 12.3. The summed E-state index contributed by atoms with van der Waals surface area (Å²) in [4.78, 5) is 19.2. The zero-order valence-electron chi connectivity index (χ0n) is 11.2. The summed E-state index contributed by atoms with van der Waals surface area (Å²) in [6, 6.07) is 6.05. The van der Waals surface area contributed by atoms with Crippen molar-refractivity contribution < 1.29 is 4.79 Å². The van der Waals surface area contributed by atoms with E-state index < -0.39 is 0 Å². The maximum Gasteiger partial charge on any atom is 0.270 e. The van der Waals surface area contributed by atoms with Gasteiger partial charge in [-0.1, -0.05) is 0 Å². The van der Waals surface area contributed by atoms with E-state index in [1.165, 1.54) is 19.5 Å². The summed E-state index contributed by atoms with van der Waals surface area (Å²) >= 11 is 1.65. The van der Waals surface area contributed by atoms with E-state index in [2.05, 4.69) is 15.2 Å². The largest absolute Gasteiger partial charge is 0.347 e. The van der Waals surface area contributed by atoms with Gasteiger partial charge in [-0.05, 0) is 48.9 Å². The molecule has 0 aromatic carbocycles. The fourth-order valence-corrected chi connectivity index (χ4v) is 4.13. The number of amides is 1. The monoisotopic (exact) mass is 287 g/mol. The van der Waals surface area contributed by atoms with Crippen molar-refractivity contribution in [1.29, 1.82) is 0 Å². The van der Waals surface area contributed by atoms with Crippen molar-refractivity contribution in [3.63, 3.8) is 0 Å². The molecule has 0 spiro atoms. The molecule has 104 valence electrons. The number of piperidine rings is 1. The first-order chi connectivity index (χ1) is 9.78. The molecular formula is C15H17N3OS. The number of carbonyl (C=O) groups is 1. The van der Waals surface area contributed by atoms with Crippen molar-refractivity contribution in [2.24, 2.45) is 5.92 Å². The third-order valence-electron chi connectivity index (χ3n) is 4.34. The normalized spacial score (nSPS) is 28.7. The van der Waals surface area contributed by atoms with Crippen molar-refractivity contribution in [1.82, 2.24) is 15.2 Å². The second-order valence-electron chi connectivity index (χ2n) is 5.82. The van der Waals surface area contributed by atoms with Gasteiger partial charge in [0, 0.05) is 19.1 Å². The van der Waals surface area contributed by atoms with Crippen LogP contribution in [0, 0.1) is 5.92 Å². The van der Waals surface area contributed by atoms with Gasteiger partial charge in [-0.3, -0.25) is 4.79 Å². The van der Waals surface area contributed by atoms with Crippen molar-refractivity contribution in [3.8, 4) is 0 Å². The van der Waals surface area contributed by atoms with Gasteiger partial charge in [0.15, 0.2) is 0 Å². The van der Waals surface area contributed by atoms with Gasteiger partial charge in [-0.25, -0.2) is 4.98 Å². The fraction of sp³-hybridized carbons (Fsp3) is 0.467. The molecule has 2 fully saturated rings. The van der Waals surface area contributed by atoms with Crippen LogP contribution in [-0.4, -0.2) is 41.5 Å². The van der Waals surface area contributed by atoms with E-state index >= 15 is 0 Å². The predicted molar refractivity (Wildman–Crippen MR) is 80.0 cm³/mol. The van der Waals surface area contributed by atoms with Crippen LogP contribution in [0.1, 0.15) is 23.3 Å². The number of carbonyl (C=O) groups excluding carboxylic acids is 1. The molecule has 3 unspecified atom stereocenters. The highest BCUT2D eigenvalue weighted by molar-refractivity contribution is 7.17. The number of pyridine rings is 1. The highest BCUT2D eigenvalue weighted by Gasteiger charge is 2.33. The van der Waals surface area contributed by atoms with Crippen LogP contribution in [0.4, 0.5) is 0 Å². The van der Waals surface area contributed by atoms with E-state index in [-0.39, 0.29) is 11.9 Å². The smallest absolute Gasteiger partial charge is 0.270 e. The Bertz CT molecular complexity index is 641. The van der Waals surface area contributed by atoms with Crippen LogP contribution in [0.25, 0.3) is 10.2 Å². The molecule has 2 aliphatic rings. The number of rotatable bonds is 2. The molecule has 1 N–H and O–H groups in total. The average Bonchev–Trinajstić information content (AvgIpc) is 3.04. The molecule has 0 saturated carbocycles. The summed E-state index contributed by atoms with van der Waals surface area (Å²) in [6.07, 6.45) is 2.40. The topological polar surface area (TPSA) is 45.2 Å². The second-order valence-corrected chi connectivity index (χ2v) is 6.77. The van der Waals surface area contributed by atoms with Gasteiger partial charge in [0.2, 0.25) is 0 Å². The minimum Gasteiger partial charge on any atom is -0.347 e. The molecule has 20 heavy (non-hydrogen) atoms. The third-order valence-corrected chi connectivity index (χ3v) is 5.21. The van der Waals surface area contributed by atoms with E-state index in [0.717, 1.165) is 29.1 Å². The number of nitrogens with one attached hydrogen (secondary N) is 1. The zero-order valence-corrected chi connectivity index (χ0v) is 12.0. The highest BCUT2D eigenvalue weighted by atomic mass is 32.1. The predicted octanol–water partition coefficient (Wildman–Crippen LogP) is 2.12. The van der Waals surface area contributed by atoms with Gasteiger partial charge >= 0.3 is 0 Å². The molecule has 5 heteroatoms. The molecule has 4 nitrogen and oxygen atoms in total. The minimum atomic E-state index is -0.0365. The summed E-state index contributed by atoms with van der Waals surface area (Å²) in [5.41, 5.74) is 1.44. The van der Waals surface area contributed by atoms with Crippen LogP contribution in [-0.2, 0) is 0 Å². The van der Waals surface area contributed by atoms with Gasteiger partial charge in [0.25, 0.3) is 5.91 Å². The Morgan fingerprint density at radius 1 is 1.35 bits per heavy atom. The lowest BCUT2D eigenvalue weighted by atomic mass is 9.97. The molecule has 4 heterocycles. The zero-order chi connectivity index (χ0) is 13.5. The Kier molecular flexibility index (Phi) is 2.97. The Morgan fingerprint density at radius 3 is 3.20 bits per heavy atom. The molecule has 4 rings (SSSR count). The van der Waals surface area contributed by atoms with Crippen LogP contribution < -0.4 is 5.32 Å². The van der Waals surface area contributed by atoms with Gasteiger partial charge < -0.3 is 10.2 Å². The first-order valence-corrected chi connectivity index (χ1v) is 8.03. The van der Waals surface area contributed by atoms with Crippen LogP contribution >= 0.6 is 11.3 Å². The lowest BCUT2D eigenvalue weighted by molar-refractivity contribution is 0.0904. The SMILES string of the molecule is O=C(NC1CC2CCN(C2)C1)c1ccc2sccc2n1. The molecular weight excluding hydrogens is 270 g/mol. The van der Waals surface area contributed by atoms with Crippen molar-refractivity contribution in [2.45, 2.75) is 18.9 Å². The van der Waals surface area contributed by atoms with Crippen LogP contribution in [0.5, 0.6) is 0 Å². The van der Waals surface area contributed by atoms with E-state index in [9.17, 15) is 4.79 Å². The Morgan fingerprint density at radius 2 is 2.30 bits per heavy atom. The van der Waals surface area contributed by atoms with Gasteiger partial charge in [-0.2, -0.15) is 0 Å². The molecule has 0 radical (unpaired) electrons. The summed E-state index contributed by atoms with van der Waals surface area (Å²) in [5, 5.41) is 5.16. The lowest BCUT2D eigenvalue weighted by Gasteiger charge is -2.30. The van der Waals surface area contributed by atoms with Gasteiger partial charge in [0.1, 0.15) is 5.69 Å². The standard InChI is InChI=1S/C15H17N3OS/c19-15(13-1-2-14-12(17-13)4-6-20-14)16-11-7-10-3-5-18(8-10)9-11/h1-2,4,6,10-11H,3,5,7-9H2,(H,16,19). The van der Waals surface area contributed by atoms with E-state index in [1.807, 2.05) is 23.6 Å². The Labute approximate surface area is 121 Å². The van der Waals surface area contributed by atoms with Gasteiger partial charge in [-0.15, -0.1) is 11.3 Å². The minimum absolute atomic E-state index is 0.0365. The maximum atomic E-state index is 12.3. The first-order valence-electron chi connectivity index (χ1n) is 7.15. The van der Waals surface area contributed by atoms with Crippen molar-refractivity contribution in [3.05, 3.63) is 29.3 Å². The van der Waals surface area contributed by atoms with Crippen molar-refractivity contribution in [2.75, 3.05) is 19.6 Å². The van der Waals surface area contributed by atoms with Crippen LogP contribution in [0.15, 0.2) is 23.6 Å². The number of aromatic nitrogens is 1. The number of fused-ring (bicyclic) bond motifs is 3. The summed E-state index contributed by atoms with van der Waals surface area (Å²) < 4.78 is 1.13. The van der Waals surface area contributed by atoms with Crippen LogP contribution in [0.3, 0.4) is 0 Å². The second kappa shape index (κ2) is 4.82. The highest BCUT2D eigenvalue weighted by Crippen LogP contribution is 2.27. The molecule has 3 atom stereocenters. The van der Waals surface area contributed by atoms with E-state index in [1.54, 1.807) is 11.3 Å². The quantitative estimate of drug-likeness (QED) is 0.920. The van der Waals surface area contributed by atoms with Crippen molar-refractivity contribution >= 4 is 27.5 Å². The van der Waals surface area contributed by atoms with Crippen LogP contribution in [0.2, 0.25) is 0 Å². The average molecular weight is 287 g/mol. The third kappa shape index (κ3) is 2.21. The molecule has 1 amide bonds. The molecule has 2 aromatic heterocycles. The lowest BCUT2D eigenvalue weighted by Crippen LogP contribution is -2.47. The number of hydrogen-bond acceptors (Lipinski definition) is 4. The summed E-state index contributed by atoms with van der Waals surface area (Å²) in [7, 11) is 0. The molecule has 2 saturated heterocycles. The molecule has 2 bridgehead atoms.